The van der Waals surface area contributed by atoms with Gasteiger partial charge >= 0.3 is 5.97 Å². The fraction of sp³-hybridized carbons (Fsp3) is 0.800. The molecule has 0 saturated heterocycles. The third-order valence-corrected chi connectivity index (χ3v) is 2.27. The number of hydrogen-bond donors (Lipinski definition) is 3. The summed E-state index contributed by atoms with van der Waals surface area (Å²) in [6.45, 7) is 2.86. The van der Waals surface area contributed by atoms with Crippen LogP contribution in [-0.2, 0) is 9.59 Å². The monoisotopic (exact) mass is 218 g/mol. The van der Waals surface area contributed by atoms with Crippen molar-refractivity contribution in [1.82, 2.24) is 0 Å². The molecule has 0 aromatic rings. The average Bonchev–Trinajstić information content (AvgIpc) is 2.15. The van der Waals surface area contributed by atoms with Crippen LogP contribution in [0, 0.1) is 5.41 Å². The van der Waals surface area contributed by atoms with Crippen molar-refractivity contribution >= 4 is 11.8 Å². The van der Waals surface area contributed by atoms with Crippen molar-refractivity contribution in [1.29, 1.82) is 0 Å². The fourth-order valence-corrected chi connectivity index (χ4v) is 1.07. The normalized spacial score (nSPS) is 13.6. The number of rotatable bonds is 7. The number of aliphatic hydroxyl groups excluding tert-OH is 2. The zero-order chi connectivity index (χ0) is 12.1. The van der Waals surface area contributed by atoms with E-state index in [9.17, 15) is 14.7 Å². The first kappa shape index (κ1) is 14.1. The Kier molecular flexibility index (Phi) is 5.46. The largest absolute Gasteiger partial charge is 0.481 e. The summed E-state index contributed by atoms with van der Waals surface area (Å²) in [5.74, 6) is -1.38. The quantitative estimate of drug-likeness (QED) is 0.567. The van der Waals surface area contributed by atoms with Crippen molar-refractivity contribution in [2.24, 2.45) is 5.41 Å². The van der Waals surface area contributed by atoms with Crippen LogP contribution in [0.25, 0.3) is 0 Å². The van der Waals surface area contributed by atoms with Crippen LogP contribution in [0.1, 0.15) is 33.1 Å². The maximum Gasteiger partial charge on any atom is 0.303 e. The Morgan fingerprint density at radius 2 is 1.80 bits per heavy atom. The van der Waals surface area contributed by atoms with E-state index in [0.29, 0.717) is 0 Å². The first-order chi connectivity index (χ1) is 6.81. The molecular weight excluding hydrogens is 200 g/mol. The van der Waals surface area contributed by atoms with E-state index in [4.69, 9.17) is 10.2 Å². The van der Waals surface area contributed by atoms with Crippen LogP contribution in [-0.4, -0.2) is 39.8 Å². The Morgan fingerprint density at radius 3 is 2.20 bits per heavy atom. The van der Waals surface area contributed by atoms with E-state index in [0.717, 1.165) is 0 Å². The highest BCUT2D eigenvalue weighted by molar-refractivity contribution is 5.84. The van der Waals surface area contributed by atoms with Gasteiger partial charge in [-0.15, -0.1) is 0 Å². The molecule has 0 aromatic heterocycles. The third kappa shape index (κ3) is 4.90. The molecule has 0 aromatic carbocycles. The van der Waals surface area contributed by atoms with E-state index in [1.807, 2.05) is 0 Å². The number of carbonyl (C=O) groups excluding carboxylic acids is 1. The van der Waals surface area contributed by atoms with Crippen LogP contribution in [0.15, 0.2) is 0 Å². The summed E-state index contributed by atoms with van der Waals surface area (Å²) in [5, 5.41) is 26.8. The number of aliphatic hydroxyl groups is 2. The highest BCUT2D eigenvalue weighted by Crippen LogP contribution is 2.21. The van der Waals surface area contributed by atoms with E-state index in [-0.39, 0.29) is 25.9 Å². The Labute approximate surface area is 88.7 Å². The van der Waals surface area contributed by atoms with Gasteiger partial charge in [0.2, 0.25) is 0 Å². The van der Waals surface area contributed by atoms with Gasteiger partial charge in [0.05, 0.1) is 6.61 Å². The summed E-state index contributed by atoms with van der Waals surface area (Å²) in [6, 6.07) is 0. The van der Waals surface area contributed by atoms with Gasteiger partial charge in [-0.1, -0.05) is 13.8 Å². The maximum absolute atomic E-state index is 11.4. The predicted octanol–water partition coefficient (Wildman–Crippen LogP) is 0.190. The van der Waals surface area contributed by atoms with Gasteiger partial charge in [-0.3, -0.25) is 9.59 Å². The lowest BCUT2D eigenvalue weighted by Crippen LogP contribution is -2.39. The summed E-state index contributed by atoms with van der Waals surface area (Å²) in [5.41, 5.74) is -0.875. The van der Waals surface area contributed by atoms with Gasteiger partial charge in [-0.25, -0.2) is 0 Å². The number of ketones is 1. The average molecular weight is 218 g/mol. The number of Topliss-reactive ketones (excluding diaryl/α,β-unsaturated/α-hetero) is 1. The molecule has 1 atom stereocenters. The van der Waals surface area contributed by atoms with Gasteiger partial charge in [0, 0.05) is 18.3 Å². The number of aliphatic carboxylic acids is 1. The van der Waals surface area contributed by atoms with Crippen LogP contribution in [0.3, 0.4) is 0 Å². The third-order valence-electron chi connectivity index (χ3n) is 2.27. The van der Waals surface area contributed by atoms with E-state index < -0.39 is 23.3 Å². The van der Waals surface area contributed by atoms with Gasteiger partial charge in [-0.2, -0.15) is 0 Å². The van der Waals surface area contributed by atoms with Crippen LogP contribution in [0.4, 0.5) is 0 Å². The lowest BCUT2D eigenvalue weighted by Gasteiger charge is -2.26. The van der Waals surface area contributed by atoms with E-state index >= 15 is 0 Å². The molecule has 15 heavy (non-hydrogen) atoms. The molecule has 0 heterocycles. The van der Waals surface area contributed by atoms with Crippen LogP contribution in [0.5, 0.6) is 0 Å². The number of carbonyl (C=O) groups is 2. The number of hydrogen-bond acceptors (Lipinski definition) is 4. The summed E-state index contributed by atoms with van der Waals surface area (Å²) < 4.78 is 0. The lowest BCUT2D eigenvalue weighted by molar-refractivity contribution is -0.138. The minimum Gasteiger partial charge on any atom is -0.481 e. The molecule has 0 fully saturated rings. The highest BCUT2D eigenvalue weighted by Gasteiger charge is 2.32. The molecule has 3 N–H and O–H groups in total. The van der Waals surface area contributed by atoms with Gasteiger partial charge in [0.25, 0.3) is 0 Å². The summed E-state index contributed by atoms with van der Waals surface area (Å²) in [7, 11) is 0. The second kappa shape index (κ2) is 5.82. The molecule has 0 spiro atoms. The van der Waals surface area contributed by atoms with Crippen molar-refractivity contribution in [3.8, 4) is 0 Å². The summed E-state index contributed by atoms with van der Waals surface area (Å²) in [4.78, 5) is 21.6. The molecule has 0 aliphatic carbocycles. The SMILES string of the molecule is CC(C)(CO)C(O)C(=O)CCCC(=O)O. The number of carboxylic acids is 1. The molecule has 0 rings (SSSR count). The molecule has 0 bridgehead atoms. The molecule has 5 heteroatoms. The molecular formula is C10H18O5. The van der Waals surface area contributed by atoms with Crippen LogP contribution >= 0.6 is 0 Å². The van der Waals surface area contributed by atoms with Crippen LogP contribution < -0.4 is 0 Å². The minimum absolute atomic E-state index is 0.0247. The van der Waals surface area contributed by atoms with Crippen molar-refractivity contribution in [2.75, 3.05) is 6.61 Å². The summed E-state index contributed by atoms with van der Waals surface area (Å²) in [6.07, 6.45) is -1.09. The van der Waals surface area contributed by atoms with Crippen LogP contribution in [0.2, 0.25) is 0 Å². The van der Waals surface area contributed by atoms with E-state index in [1.54, 1.807) is 13.8 Å². The first-order valence-corrected chi connectivity index (χ1v) is 4.84. The molecule has 0 radical (unpaired) electrons. The Balaban J connectivity index is 4.05. The minimum atomic E-state index is -1.24. The second-order valence-corrected chi connectivity index (χ2v) is 4.26. The topological polar surface area (TPSA) is 94.8 Å². The van der Waals surface area contributed by atoms with Crippen molar-refractivity contribution in [2.45, 2.75) is 39.2 Å². The van der Waals surface area contributed by atoms with Gasteiger partial charge in [-0.05, 0) is 6.42 Å². The maximum atomic E-state index is 11.4. The molecule has 1 unspecified atom stereocenters. The smallest absolute Gasteiger partial charge is 0.303 e. The van der Waals surface area contributed by atoms with Gasteiger partial charge < -0.3 is 15.3 Å². The number of carboxylic acid groups (broad SMARTS) is 1. The molecule has 0 saturated carbocycles. The zero-order valence-electron chi connectivity index (χ0n) is 9.06. The molecule has 0 aliphatic rings. The Bertz CT molecular complexity index is 234. The van der Waals surface area contributed by atoms with Gasteiger partial charge in [0.15, 0.2) is 5.78 Å². The van der Waals surface area contributed by atoms with Gasteiger partial charge in [0.1, 0.15) is 6.10 Å². The van der Waals surface area contributed by atoms with E-state index in [1.165, 1.54) is 0 Å². The van der Waals surface area contributed by atoms with Crippen molar-refractivity contribution < 1.29 is 24.9 Å². The lowest BCUT2D eigenvalue weighted by atomic mass is 9.84. The van der Waals surface area contributed by atoms with Crippen molar-refractivity contribution in [3.05, 3.63) is 0 Å². The molecule has 0 aliphatic heterocycles. The Morgan fingerprint density at radius 1 is 1.27 bits per heavy atom. The molecule has 5 nitrogen and oxygen atoms in total. The zero-order valence-corrected chi connectivity index (χ0v) is 9.06. The van der Waals surface area contributed by atoms with E-state index in [2.05, 4.69) is 0 Å². The summed E-state index contributed by atoms with van der Waals surface area (Å²) >= 11 is 0. The fourth-order valence-electron chi connectivity index (χ4n) is 1.07. The second-order valence-electron chi connectivity index (χ2n) is 4.26. The first-order valence-electron chi connectivity index (χ1n) is 4.84. The molecule has 0 amide bonds. The predicted molar refractivity (Wildman–Crippen MR) is 53.4 cm³/mol. The highest BCUT2D eigenvalue weighted by atomic mass is 16.4. The molecule has 88 valence electrons. The Hall–Kier alpha value is -0.940. The van der Waals surface area contributed by atoms with Crippen molar-refractivity contribution in [3.63, 3.8) is 0 Å². The standard InChI is InChI=1S/C10H18O5/c1-10(2,6-11)9(15)7(12)4-3-5-8(13)14/h9,11,15H,3-6H2,1-2H3,(H,13,14).